The van der Waals surface area contributed by atoms with E-state index < -0.39 is 24.9 Å². The zero-order chi connectivity index (χ0) is 8.91. The second-order valence-corrected chi connectivity index (χ2v) is 2.42. The maximum Gasteiger partial charge on any atom is 0.154 e. The highest BCUT2D eigenvalue weighted by Crippen LogP contribution is 2.08. The number of aliphatic hydroxyl groups excluding tert-OH is 3. The molecule has 0 aliphatic carbocycles. The van der Waals surface area contributed by atoms with Crippen molar-refractivity contribution in [2.45, 2.75) is 18.1 Å². The van der Waals surface area contributed by atoms with Crippen LogP contribution in [0.1, 0.15) is 6.42 Å². The molecular formula is C6H12O5. The van der Waals surface area contributed by atoms with Crippen molar-refractivity contribution in [1.82, 2.24) is 0 Å². The highest BCUT2D eigenvalue weighted by atomic mass is 16.3. The van der Waals surface area contributed by atoms with E-state index in [4.69, 9.17) is 20.4 Å². The lowest BCUT2D eigenvalue weighted by atomic mass is 9.99. The molecule has 0 aromatic rings. The third-order valence-electron chi connectivity index (χ3n) is 1.29. The Morgan fingerprint density at radius 3 is 2.27 bits per heavy atom. The van der Waals surface area contributed by atoms with Crippen molar-refractivity contribution >= 4 is 6.29 Å². The molecular weight excluding hydrogens is 152 g/mol. The maximum absolute atomic E-state index is 10.1. The second-order valence-electron chi connectivity index (χ2n) is 2.42. The highest BCUT2D eigenvalue weighted by Gasteiger charge is 2.28. The first-order valence-corrected chi connectivity index (χ1v) is 3.16. The summed E-state index contributed by atoms with van der Waals surface area (Å²) in [5.41, 5.74) is -1.93. The Hall–Kier alpha value is -0.490. The van der Waals surface area contributed by atoms with Crippen molar-refractivity contribution < 1.29 is 25.2 Å². The Bertz CT molecular complexity index is 126. The average molecular weight is 164 g/mol. The largest absolute Gasteiger partial charge is 0.394 e. The fourth-order valence-electron chi connectivity index (χ4n) is 0.623. The van der Waals surface area contributed by atoms with Gasteiger partial charge in [-0.25, -0.2) is 0 Å². The normalized spacial score (nSPS) is 18.9. The Morgan fingerprint density at radius 1 is 1.45 bits per heavy atom. The minimum absolute atomic E-state index is 0.145. The summed E-state index contributed by atoms with van der Waals surface area (Å²) in [4.78, 5) is 10.1. The fourth-order valence-corrected chi connectivity index (χ4v) is 0.623. The molecule has 11 heavy (non-hydrogen) atoms. The van der Waals surface area contributed by atoms with Gasteiger partial charge in [-0.15, -0.1) is 0 Å². The maximum atomic E-state index is 10.1. The highest BCUT2D eigenvalue weighted by molar-refractivity contribution is 5.62. The van der Waals surface area contributed by atoms with Crippen molar-refractivity contribution in [1.29, 1.82) is 0 Å². The van der Waals surface area contributed by atoms with Crippen LogP contribution in [0.2, 0.25) is 0 Å². The Morgan fingerprint density at radius 2 is 2.00 bits per heavy atom. The number of rotatable bonds is 5. The van der Waals surface area contributed by atoms with Gasteiger partial charge in [-0.05, 0) is 0 Å². The quantitative estimate of drug-likeness (QED) is 0.341. The molecule has 5 heteroatoms. The van der Waals surface area contributed by atoms with Gasteiger partial charge in [0.15, 0.2) is 6.29 Å². The number of hydrogen-bond acceptors (Lipinski definition) is 5. The van der Waals surface area contributed by atoms with Crippen molar-refractivity contribution in [2.24, 2.45) is 0 Å². The van der Waals surface area contributed by atoms with E-state index in [1.165, 1.54) is 0 Å². The lowest BCUT2D eigenvalue weighted by molar-refractivity contribution is -0.132. The van der Waals surface area contributed by atoms with Gasteiger partial charge in [0.2, 0.25) is 0 Å². The molecule has 0 amide bonds. The molecule has 0 aliphatic heterocycles. The monoisotopic (exact) mass is 164 g/mol. The van der Waals surface area contributed by atoms with Crippen LogP contribution in [-0.4, -0.2) is 51.6 Å². The molecule has 0 aromatic carbocycles. The van der Waals surface area contributed by atoms with Gasteiger partial charge in [0.25, 0.3) is 0 Å². The number of carbonyl (C=O) groups excluding carboxylic acids is 1. The van der Waals surface area contributed by atoms with Crippen LogP contribution in [0.25, 0.3) is 0 Å². The molecule has 0 fully saturated rings. The average Bonchev–Trinajstić information content (AvgIpc) is 2.04. The molecule has 0 spiro atoms. The molecule has 0 radical (unpaired) electrons. The predicted molar refractivity (Wildman–Crippen MR) is 35.8 cm³/mol. The van der Waals surface area contributed by atoms with Gasteiger partial charge >= 0.3 is 0 Å². The zero-order valence-electron chi connectivity index (χ0n) is 5.97. The lowest BCUT2D eigenvalue weighted by Crippen LogP contribution is -2.39. The number of aldehydes is 1. The van der Waals surface area contributed by atoms with Gasteiger partial charge in [0.05, 0.1) is 19.3 Å². The SMILES string of the molecule is O=CC(O)(CO)CC(O)CO. The summed E-state index contributed by atoms with van der Waals surface area (Å²) in [6.45, 7) is -1.30. The molecule has 0 bridgehead atoms. The summed E-state index contributed by atoms with van der Waals surface area (Å²) in [5.74, 6) is 0. The summed E-state index contributed by atoms with van der Waals surface area (Å²) in [7, 11) is 0. The van der Waals surface area contributed by atoms with Gasteiger partial charge in [-0.3, -0.25) is 0 Å². The first-order valence-electron chi connectivity index (χ1n) is 3.16. The first kappa shape index (κ1) is 10.5. The molecule has 0 heterocycles. The fraction of sp³-hybridized carbons (Fsp3) is 0.833. The zero-order valence-corrected chi connectivity index (χ0v) is 5.97. The predicted octanol–water partition coefficient (Wildman–Crippen LogP) is -2.35. The molecule has 5 nitrogen and oxygen atoms in total. The molecule has 2 unspecified atom stereocenters. The molecule has 2 atom stereocenters. The summed E-state index contributed by atoms with van der Waals surface area (Å²) in [5, 5.41) is 34.6. The van der Waals surface area contributed by atoms with Crippen LogP contribution in [0.3, 0.4) is 0 Å². The van der Waals surface area contributed by atoms with Crippen LogP contribution >= 0.6 is 0 Å². The molecule has 4 N–H and O–H groups in total. The Balaban J connectivity index is 3.96. The van der Waals surface area contributed by atoms with E-state index in [9.17, 15) is 4.79 Å². The van der Waals surface area contributed by atoms with Crippen LogP contribution < -0.4 is 0 Å². The standard InChI is InChI=1S/C6H12O5/c7-2-5(10)1-6(11,3-8)4-9/h3,5,7,9-11H,1-2,4H2. The van der Waals surface area contributed by atoms with Gasteiger partial charge in [0.1, 0.15) is 5.60 Å². The van der Waals surface area contributed by atoms with Crippen LogP contribution in [0, 0.1) is 0 Å². The van der Waals surface area contributed by atoms with Gasteiger partial charge in [-0.2, -0.15) is 0 Å². The molecule has 0 saturated heterocycles. The molecule has 0 rings (SSSR count). The van der Waals surface area contributed by atoms with Crippen LogP contribution in [-0.2, 0) is 4.79 Å². The van der Waals surface area contributed by atoms with Crippen LogP contribution in [0.4, 0.5) is 0 Å². The van der Waals surface area contributed by atoms with Crippen molar-refractivity contribution in [3.8, 4) is 0 Å². The van der Waals surface area contributed by atoms with E-state index in [1.54, 1.807) is 0 Å². The molecule has 66 valence electrons. The number of aliphatic hydroxyl groups is 4. The van der Waals surface area contributed by atoms with Gasteiger partial charge in [0, 0.05) is 6.42 Å². The molecule has 0 aromatic heterocycles. The number of hydrogen-bond donors (Lipinski definition) is 4. The lowest BCUT2D eigenvalue weighted by Gasteiger charge is -2.20. The molecule has 0 aliphatic rings. The minimum Gasteiger partial charge on any atom is -0.394 e. The van der Waals surface area contributed by atoms with E-state index in [-0.39, 0.29) is 12.7 Å². The van der Waals surface area contributed by atoms with E-state index in [0.717, 1.165) is 0 Å². The Kier molecular flexibility index (Phi) is 4.20. The topological polar surface area (TPSA) is 98.0 Å². The van der Waals surface area contributed by atoms with Crippen molar-refractivity contribution in [3.05, 3.63) is 0 Å². The van der Waals surface area contributed by atoms with E-state index in [0.29, 0.717) is 0 Å². The van der Waals surface area contributed by atoms with E-state index >= 15 is 0 Å². The third-order valence-corrected chi connectivity index (χ3v) is 1.29. The smallest absolute Gasteiger partial charge is 0.154 e. The summed E-state index contributed by atoms with van der Waals surface area (Å²) >= 11 is 0. The summed E-state index contributed by atoms with van der Waals surface area (Å²) in [6.07, 6.45) is -1.40. The van der Waals surface area contributed by atoms with Crippen LogP contribution in [0.15, 0.2) is 0 Å². The first-order chi connectivity index (χ1) is 5.08. The van der Waals surface area contributed by atoms with Gasteiger partial charge in [-0.1, -0.05) is 0 Å². The van der Waals surface area contributed by atoms with Crippen molar-refractivity contribution in [2.75, 3.05) is 13.2 Å². The molecule has 0 saturated carbocycles. The summed E-state index contributed by atoms with van der Waals surface area (Å²) in [6, 6.07) is 0. The summed E-state index contributed by atoms with van der Waals surface area (Å²) < 4.78 is 0. The van der Waals surface area contributed by atoms with Crippen molar-refractivity contribution in [3.63, 3.8) is 0 Å². The van der Waals surface area contributed by atoms with E-state index in [2.05, 4.69) is 0 Å². The Labute approximate surface area is 63.9 Å². The minimum atomic E-state index is -1.93. The van der Waals surface area contributed by atoms with Crippen LogP contribution in [0.5, 0.6) is 0 Å². The second kappa shape index (κ2) is 4.40. The van der Waals surface area contributed by atoms with Gasteiger partial charge < -0.3 is 25.2 Å². The van der Waals surface area contributed by atoms with E-state index in [1.807, 2.05) is 0 Å². The number of carbonyl (C=O) groups is 1. The third kappa shape index (κ3) is 3.43.